The highest BCUT2D eigenvalue weighted by atomic mass is 16.5. The van der Waals surface area contributed by atoms with Gasteiger partial charge in [0.05, 0.1) is 11.8 Å². The highest BCUT2D eigenvalue weighted by molar-refractivity contribution is 5.99. The first-order chi connectivity index (χ1) is 16.7. The van der Waals surface area contributed by atoms with Crippen LogP contribution in [0.5, 0.6) is 0 Å². The van der Waals surface area contributed by atoms with E-state index in [9.17, 15) is 19.5 Å². The lowest BCUT2D eigenvalue weighted by Crippen LogP contribution is -2.60. The molecule has 0 saturated carbocycles. The van der Waals surface area contributed by atoms with Crippen LogP contribution in [0.3, 0.4) is 0 Å². The average Bonchev–Trinajstić information content (AvgIpc) is 3.09. The molecule has 2 fully saturated rings. The van der Waals surface area contributed by atoms with E-state index in [1.165, 1.54) is 5.56 Å². The Bertz CT molecular complexity index is 1060. The second kappa shape index (κ2) is 10.3. The van der Waals surface area contributed by atoms with Gasteiger partial charge in [-0.2, -0.15) is 0 Å². The van der Waals surface area contributed by atoms with Gasteiger partial charge in [-0.1, -0.05) is 68.4 Å². The van der Waals surface area contributed by atoms with Crippen LogP contribution in [0, 0.1) is 17.8 Å². The fraction of sp³-hybridized carbons (Fsp3) is 0.483. The van der Waals surface area contributed by atoms with Crippen molar-refractivity contribution >= 4 is 17.7 Å². The van der Waals surface area contributed by atoms with Crippen molar-refractivity contribution in [2.24, 2.45) is 17.8 Å². The summed E-state index contributed by atoms with van der Waals surface area (Å²) in [5.41, 5.74) is 2.53. The Morgan fingerprint density at radius 2 is 1.54 bits per heavy atom. The standard InChI is InChI=1S/C29H35NO5/c1-17(2)16-19-10-12-20(13-11-19)18(3)29(34)35-27-24(26(31)21-8-6-5-7-9-21)22-14-15-23(30(22)4)25(27)28(32)33/h5-13,17-18,22-25,27H,14-16H2,1-4H3,(H,32,33)/t18?,22-,23+,24?,25+,27-/m0/s1. The summed E-state index contributed by atoms with van der Waals surface area (Å²) in [5, 5.41) is 10.2. The molecule has 2 aromatic carbocycles. The maximum atomic E-state index is 13.6. The number of aliphatic carboxylic acids is 1. The zero-order valence-electron chi connectivity index (χ0n) is 20.9. The van der Waals surface area contributed by atoms with Gasteiger partial charge in [-0.05, 0) is 50.3 Å². The van der Waals surface area contributed by atoms with Crippen molar-refractivity contribution in [3.05, 3.63) is 71.3 Å². The van der Waals surface area contributed by atoms with Crippen molar-refractivity contribution in [1.29, 1.82) is 0 Å². The number of carboxylic acids is 1. The summed E-state index contributed by atoms with van der Waals surface area (Å²) < 4.78 is 5.99. The summed E-state index contributed by atoms with van der Waals surface area (Å²) >= 11 is 0. The SMILES string of the molecule is CC(C)Cc1ccc(C(C)C(=O)O[C@H]2C(C(=O)c3ccccc3)[C@@H]3CC[C@H]([C@H]2C(=O)O)N3C)cc1. The number of carbonyl (C=O) groups excluding carboxylic acids is 2. The molecule has 2 aromatic rings. The van der Waals surface area contributed by atoms with Crippen LogP contribution in [0.1, 0.15) is 61.0 Å². The second-order valence-electron chi connectivity index (χ2n) is 10.5. The van der Waals surface area contributed by atoms with Gasteiger partial charge in [0.25, 0.3) is 0 Å². The fourth-order valence-corrected chi connectivity index (χ4v) is 5.88. The number of benzene rings is 2. The summed E-state index contributed by atoms with van der Waals surface area (Å²) in [7, 11) is 1.88. The number of Topliss-reactive ketones (excluding diaryl/α,β-unsaturated/α-hetero) is 1. The number of fused-ring (bicyclic) bond motifs is 2. The number of piperidine rings is 1. The van der Waals surface area contributed by atoms with Crippen molar-refractivity contribution in [2.45, 2.75) is 64.1 Å². The molecule has 35 heavy (non-hydrogen) atoms. The topological polar surface area (TPSA) is 83.9 Å². The monoisotopic (exact) mass is 477 g/mol. The molecule has 6 atom stereocenters. The van der Waals surface area contributed by atoms with Crippen LogP contribution in [-0.2, 0) is 20.7 Å². The summed E-state index contributed by atoms with van der Waals surface area (Å²) in [4.78, 5) is 41.4. The number of rotatable bonds is 8. The third-order valence-corrected chi connectivity index (χ3v) is 7.72. The van der Waals surface area contributed by atoms with Crippen molar-refractivity contribution in [1.82, 2.24) is 4.90 Å². The first kappa shape index (κ1) is 25.1. The van der Waals surface area contributed by atoms with Gasteiger partial charge in [0.1, 0.15) is 12.0 Å². The molecule has 2 heterocycles. The number of ketones is 1. The summed E-state index contributed by atoms with van der Waals surface area (Å²) in [6, 6.07) is 16.4. The molecule has 2 saturated heterocycles. The van der Waals surface area contributed by atoms with Gasteiger partial charge in [-0.15, -0.1) is 0 Å². The van der Waals surface area contributed by atoms with Crippen LogP contribution in [0.4, 0.5) is 0 Å². The lowest BCUT2D eigenvalue weighted by molar-refractivity contribution is -0.171. The van der Waals surface area contributed by atoms with Crippen molar-refractivity contribution < 1.29 is 24.2 Å². The van der Waals surface area contributed by atoms with Gasteiger partial charge >= 0.3 is 11.9 Å². The van der Waals surface area contributed by atoms with Crippen LogP contribution < -0.4 is 0 Å². The molecule has 2 aliphatic heterocycles. The highest BCUT2D eigenvalue weighted by Gasteiger charge is 2.58. The van der Waals surface area contributed by atoms with Crippen molar-refractivity contribution in [2.75, 3.05) is 7.05 Å². The minimum Gasteiger partial charge on any atom is -0.481 e. The lowest BCUT2D eigenvalue weighted by Gasteiger charge is -2.45. The summed E-state index contributed by atoms with van der Waals surface area (Å²) in [5.74, 6) is -3.41. The van der Waals surface area contributed by atoms with Crippen LogP contribution in [0.25, 0.3) is 0 Å². The molecule has 0 spiro atoms. The Morgan fingerprint density at radius 3 is 2.11 bits per heavy atom. The van der Waals surface area contributed by atoms with Crippen molar-refractivity contribution in [3.63, 3.8) is 0 Å². The molecule has 6 nitrogen and oxygen atoms in total. The van der Waals surface area contributed by atoms with E-state index < -0.39 is 35.8 Å². The molecule has 0 amide bonds. The minimum absolute atomic E-state index is 0.160. The number of hydrogen-bond donors (Lipinski definition) is 1. The predicted molar refractivity (Wildman–Crippen MR) is 133 cm³/mol. The van der Waals surface area contributed by atoms with Crippen LogP contribution in [0.15, 0.2) is 54.6 Å². The van der Waals surface area contributed by atoms with Gasteiger partial charge in [0.15, 0.2) is 5.78 Å². The molecule has 6 heteroatoms. The van der Waals surface area contributed by atoms with E-state index >= 15 is 0 Å². The molecule has 2 unspecified atom stereocenters. The predicted octanol–water partition coefficient (Wildman–Crippen LogP) is 4.58. The Labute approximate surface area is 207 Å². The average molecular weight is 478 g/mol. The van der Waals surface area contributed by atoms with Gasteiger partial charge in [-0.3, -0.25) is 19.3 Å². The van der Waals surface area contributed by atoms with Gasteiger partial charge in [-0.25, -0.2) is 0 Å². The molecule has 0 aliphatic carbocycles. The molecule has 1 N–H and O–H groups in total. The van der Waals surface area contributed by atoms with Gasteiger partial charge in [0, 0.05) is 17.6 Å². The third kappa shape index (κ3) is 5.03. The third-order valence-electron chi connectivity index (χ3n) is 7.72. The maximum absolute atomic E-state index is 13.6. The minimum atomic E-state index is -1.03. The molecular weight excluding hydrogens is 442 g/mol. The summed E-state index contributed by atoms with van der Waals surface area (Å²) in [6.45, 7) is 6.09. The van der Waals surface area contributed by atoms with Gasteiger partial charge in [0.2, 0.25) is 0 Å². The Kier molecular flexibility index (Phi) is 7.41. The highest BCUT2D eigenvalue weighted by Crippen LogP contribution is 2.45. The van der Waals surface area contributed by atoms with Crippen LogP contribution in [0.2, 0.25) is 0 Å². The van der Waals surface area contributed by atoms with Crippen LogP contribution in [-0.4, -0.2) is 53.0 Å². The normalized spacial score (nSPS) is 26.9. The largest absolute Gasteiger partial charge is 0.481 e. The fourth-order valence-electron chi connectivity index (χ4n) is 5.88. The molecule has 0 radical (unpaired) electrons. The zero-order chi connectivity index (χ0) is 25.3. The Balaban J connectivity index is 1.62. The Hall–Kier alpha value is -2.99. The quantitative estimate of drug-likeness (QED) is 0.443. The summed E-state index contributed by atoms with van der Waals surface area (Å²) in [6.07, 6.45) is 1.32. The maximum Gasteiger partial charge on any atom is 0.313 e. The molecule has 2 bridgehead atoms. The van der Waals surface area contributed by atoms with E-state index in [-0.39, 0.29) is 17.9 Å². The number of carboxylic acid groups (broad SMARTS) is 1. The number of esters is 1. The van der Waals surface area contributed by atoms with E-state index in [2.05, 4.69) is 13.8 Å². The van der Waals surface area contributed by atoms with Gasteiger partial charge < -0.3 is 9.84 Å². The number of hydrogen-bond acceptors (Lipinski definition) is 5. The molecule has 2 aliphatic rings. The lowest BCUT2D eigenvalue weighted by atomic mass is 9.76. The first-order valence-electron chi connectivity index (χ1n) is 12.5. The number of ether oxygens (including phenoxy) is 1. The Morgan fingerprint density at radius 1 is 0.943 bits per heavy atom. The second-order valence-corrected chi connectivity index (χ2v) is 10.5. The van der Waals surface area contributed by atoms with E-state index in [1.54, 1.807) is 31.2 Å². The molecule has 186 valence electrons. The molecule has 4 rings (SSSR count). The zero-order valence-corrected chi connectivity index (χ0v) is 20.9. The molecule has 0 aromatic heterocycles. The van der Waals surface area contributed by atoms with E-state index in [0.717, 1.165) is 12.0 Å². The number of carbonyl (C=O) groups is 3. The number of nitrogens with zero attached hydrogens (tertiary/aromatic N) is 1. The van der Waals surface area contributed by atoms with E-state index in [0.29, 0.717) is 24.3 Å². The first-order valence-corrected chi connectivity index (χ1v) is 12.5. The van der Waals surface area contributed by atoms with E-state index in [4.69, 9.17) is 4.74 Å². The van der Waals surface area contributed by atoms with E-state index in [1.807, 2.05) is 42.3 Å². The smallest absolute Gasteiger partial charge is 0.313 e. The van der Waals surface area contributed by atoms with Crippen molar-refractivity contribution in [3.8, 4) is 0 Å². The molecular formula is C29H35NO5. The van der Waals surface area contributed by atoms with Crippen LogP contribution >= 0.6 is 0 Å².